The van der Waals surface area contributed by atoms with E-state index in [1.54, 1.807) is 0 Å². The highest BCUT2D eigenvalue weighted by atomic mass is 16.5. The average molecular weight is 279 g/mol. The van der Waals surface area contributed by atoms with Crippen molar-refractivity contribution >= 4 is 5.97 Å². The summed E-state index contributed by atoms with van der Waals surface area (Å²) in [6, 6.07) is 1.61. The van der Waals surface area contributed by atoms with Crippen molar-refractivity contribution in [1.82, 2.24) is 4.57 Å². The average Bonchev–Trinajstić information content (AvgIpc) is 2.71. The van der Waals surface area contributed by atoms with Gasteiger partial charge in [0.2, 0.25) is 0 Å². The van der Waals surface area contributed by atoms with Crippen LogP contribution in [0, 0.1) is 11.3 Å². The van der Waals surface area contributed by atoms with Crippen molar-refractivity contribution < 1.29 is 14.6 Å². The number of esters is 1. The summed E-state index contributed by atoms with van der Waals surface area (Å²) >= 11 is 0. The van der Waals surface area contributed by atoms with E-state index in [0.29, 0.717) is 0 Å². The van der Waals surface area contributed by atoms with Gasteiger partial charge in [-0.1, -0.05) is 27.7 Å². The lowest BCUT2D eigenvalue weighted by atomic mass is 9.75. The molecule has 112 valence electrons. The monoisotopic (exact) mass is 279 g/mol. The van der Waals surface area contributed by atoms with Gasteiger partial charge in [-0.3, -0.25) is 0 Å². The number of rotatable bonds is 3. The molecule has 1 aromatic rings. The summed E-state index contributed by atoms with van der Waals surface area (Å²) in [7, 11) is 1.42. The summed E-state index contributed by atoms with van der Waals surface area (Å²) in [5, 5.41) is 10.3. The van der Waals surface area contributed by atoms with Gasteiger partial charge in [0.05, 0.1) is 13.2 Å². The van der Waals surface area contributed by atoms with Gasteiger partial charge < -0.3 is 14.4 Å². The van der Waals surface area contributed by atoms with E-state index in [4.69, 9.17) is 4.74 Å². The first-order valence-corrected chi connectivity index (χ1v) is 7.22. The van der Waals surface area contributed by atoms with Crippen molar-refractivity contribution in [2.24, 2.45) is 11.3 Å². The third-order valence-electron chi connectivity index (χ3n) is 4.18. The Morgan fingerprint density at radius 2 is 2.15 bits per heavy atom. The summed E-state index contributed by atoms with van der Waals surface area (Å²) < 4.78 is 6.94. The number of hydrogen-bond acceptors (Lipinski definition) is 3. The maximum Gasteiger partial charge on any atom is 0.329 e. The number of ether oxygens (including phenoxy) is 1. The zero-order valence-electron chi connectivity index (χ0n) is 13.0. The molecule has 0 saturated carbocycles. The first kappa shape index (κ1) is 15.1. The molecule has 4 heteroatoms. The molecule has 2 rings (SSSR count). The first-order chi connectivity index (χ1) is 9.26. The van der Waals surface area contributed by atoms with Gasteiger partial charge in [-0.15, -0.1) is 0 Å². The Hall–Kier alpha value is -1.29. The maximum atomic E-state index is 12.1. The minimum atomic E-state index is -0.444. The molecule has 2 unspecified atom stereocenters. The van der Waals surface area contributed by atoms with Crippen molar-refractivity contribution in [3.05, 3.63) is 23.5 Å². The molecule has 2 atom stereocenters. The standard InChI is InChI=1S/C16H25NO3/c1-10(2)14(15(19)20-5)17-7-6-11-12(17)8-16(3,4)9-13(11)18/h6-7,10,13-14,18H,8-9H2,1-5H3. The number of methoxy groups -OCH3 is 1. The van der Waals surface area contributed by atoms with E-state index in [0.717, 1.165) is 24.1 Å². The highest BCUT2D eigenvalue weighted by molar-refractivity contribution is 5.74. The summed E-state index contributed by atoms with van der Waals surface area (Å²) in [6.07, 6.45) is 3.10. The third-order valence-corrected chi connectivity index (χ3v) is 4.18. The second-order valence-corrected chi connectivity index (χ2v) is 6.90. The Bertz CT molecular complexity index is 502. The Morgan fingerprint density at radius 1 is 1.50 bits per heavy atom. The number of fused-ring (bicyclic) bond motifs is 1. The molecule has 0 fully saturated rings. The topological polar surface area (TPSA) is 51.5 Å². The second-order valence-electron chi connectivity index (χ2n) is 6.90. The van der Waals surface area contributed by atoms with Gasteiger partial charge in [-0.2, -0.15) is 0 Å². The second kappa shape index (κ2) is 5.24. The lowest BCUT2D eigenvalue weighted by Crippen LogP contribution is -2.31. The highest BCUT2D eigenvalue weighted by Crippen LogP contribution is 2.42. The predicted molar refractivity (Wildman–Crippen MR) is 77.4 cm³/mol. The van der Waals surface area contributed by atoms with Crippen molar-refractivity contribution in [2.75, 3.05) is 7.11 Å². The number of nitrogens with zero attached hydrogens (tertiary/aromatic N) is 1. The quantitative estimate of drug-likeness (QED) is 0.866. The van der Waals surface area contributed by atoms with Gasteiger partial charge in [-0.05, 0) is 30.2 Å². The van der Waals surface area contributed by atoms with Crippen LogP contribution in [0.4, 0.5) is 0 Å². The number of aliphatic hydroxyl groups excluding tert-OH is 1. The summed E-state index contributed by atoms with van der Waals surface area (Å²) in [6.45, 7) is 8.33. The van der Waals surface area contributed by atoms with Gasteiger partial charge in [-0.25, -0.2) is 4.79 Å². The molecule has 1 aliphatic rings. The lowest BCUT2D eigenvalue weighted by Gasteiger charge is -2.35. The molecular formula is C16H25NO3. The van der Waals surface area contributed by atoms with Crippen LogP contribution >= 0.6 is 0 Å². The Balaban J connectivity index is 2.47. The van der Waals surface area contributed by atoms with E-state index in [1.807, 2.05) is 30.7 Å². The van der Waals surface area contributed by atoms with Crippen molar-refractivity contribution in [3.8, 4) is 0 Å². The molecule has 1 aromatic heterocycles. The van der Waals surface area contributed by atoms with E-state index < -0.39 is 6.10 Å². The third kappa shape index (κ3) is 2.62. The first-order valence-electron chi connectivity index (χ1n) is 7.22. The van der Waals surface area contributed by atoms with Gasteiger partial charge >= 0.3 is 5.97 Å². The maximum absolute atomic E-state index is 12.1. The molecule has 0 aliphatic heterocycles. The van der Waals surface area contributed by atoms with Gasteiger partial charge in [0, 0.05) is 17.5 Å². The number of carbonyl (C=O) groups is 1. The molecule has 0 amide bonds. The fraction of sp³-hybridized carbons (Fsp3) is 0.688. The van der Waals surface area contributed by atoms with Crippen molar-refractivity contribution in [3.63, 3.8) is 0 Å². The van der Waals surface area contributed by atoms with Crippen LogP contribution in [0.15, 0.2) is 12.3 Å². The molecule has 0 radical (unpaired) electrons. The fourth-order valence-corrected chi connectivity index (χ4v) is 3.24. The van der Waals surface area contributed by atoms with Crippen LogP contribution in [-0.4, -0.2) is 22.8 Å². The number of carbonyl (C=O) groups excluding carboxylic acids is 1. The lowest BCUT2D eigenvalue weighted by molar-refractivity contribution is -0.146. The number of aliphatic hydroxyl groups is 1. The van der Waals surface area contributed by atoms with Gasteiger partial charge in [0.25, 0.3) is 0 Å². The van der Waals surface area contributed by atoms with E-state index in [1.165, 1.54) is 7.11 Å². The van der Waals surface area contributed by atoms with Crippen LogP contribution < -0.4 is 0 Å². The van der Waals surface area contributed by atoms with E-state index in [2.05, 4.69) is 13.8 Å². The molecule has 0 spiro atoms. The molecule has 20 heavy (non-hydrogen) atoms. The van der Waals surface area contributed by atoms with Gasteiger partial charge in [0.15, 0.2) is 0 Å². The fourth-order valence-electron chi connectivity index (χ4n) is 3.24. The van der Waals surface area contributed by atoms with Crippen LogP contribution in [-0.2, 0) is 16.0 Å². The molecule has 0 bridgehead atoms. The smallest absolute Gasteiger partial charge is 0.329 e. The summed E-state index contributed by atoms with van der Waals surface area (Å²) in [5.41, 5.74) is 2.07. The van der Waals surface area contributed by atoms with Crippen LogP contribution in [0.5, 0.6) is 0 Å². The SMILES string of the molecule is COC(=O)C(C(C)C)n1ccc2c1CC(C)(C)CC2O. The Morgan fingerprint density at radius 3 is 2.70 bits per heavy atom. The van der Waals surface area contributed by atoms with Crippen molar-refractivity contribution in [1.29, 1.82) is 0 Å². The zero-order valence-corrected chi connectivity index (χ0v) is 13.0. The predicted octanol–water partition coefficient (Wildman–Crippen LogP) is 2.86. The largest absolute Gasteiger partial charge is 0.467 e. The molecule has 1 aliphatic carbocycles. The summed E-state index contributed by atoms with van der Waals surface area (Å²) in [5.74, 6) is -0.0857. The number of aromatic nitrogens is 1. The van der Waals surface area contributed by atoms with E-state index in [-0.39, 0.29) is 23.3 Å². The molecule has 1 N–H and O–H groups in total. The van der Waals surface area contributed by atoms with E-state index in [9.17, 15) is 9.90 Å². The minimum absolute atomic E-state index is 0.0418. The zero-order chi connectivity index (χ0) is 15.1. The van der Waals surface area contributed by atoms with E-state index >= 15 is 0 Å². The van der Waals surface area contributed by atoms with Gasteiger partial charge in [0.1, 0.15) is 6.04 Å². The van der Waals surface area contributed by atoms with Crippen LogP contribution in [0.2, 0.25) is 0 Å². The van der Waals surface area contributed by atoms with Crippen LogP contribution in [0.25, 0.3) is 0 Å². The molecule has 1 heterocycles. The van der Waals surface area contributed by atoms with Crippen LogP contribution in [0.1, 0.15) is 57.5 Å². The summed E-state index contributed by atoms with van der Waals surface area (Å²) in [4.78, 5) is 12.1. The molecule has 0 aromatic carbocycles. The number of hydrogen-bond donors (Lipinski definition) is 1. The molecule has 0 saturated heterocycles. The Labute approximate surface area is 120 Å². The molecule has 4 nitrogen and oxygen atoms in total. The van der Waals surface area contributed by atoms with Crippen LogP contribution in [0.3, 0.4) is 0 Å². The van der Waals surface area contributed by atoms with Crippen molar-refractivity contribution in [2.45, 2.75) is 52.7 Å². The molecular weight excluding hydrogens is 254 g/mol. The highest BCUT2D eigenvalue weighted by Gasteiger charge is 2.36. The normalized spacial score (nSPS) is 22.4. The Kier molecular flexibility index (Phi) is 3.96. The minimum Gasteiger partial charge on any atom is -0.467 e.